The second kappa shape index (κ2) is 4.54. The summed E-state index contributed by atoms with van der Waals surface area (Å²) >= 11 is 0. The molecule has 0 spiro atoms. The van der Waals surface area contributed by atoms with E-state index in [9.17, 15) is 0 Å². The summed E-state index contributed by atoms with van der Waals surface area (Å²) in [7, 11) is 0. The Morgan fingerprint density at radius 3 is 2.57 bits per heavy atom. The van der Waals surface area contributed by atoms with E-state index in [0.29, 0.717) is 0 Å². The molecular formula is C11H11IrN2-. The minimum Gasteiger partial charge on any atom is -0.265 e. The topological polar surface area (TPSA) is 17.8 Å². The number of hydrogen-bond acceptors (Lipinski definition) is 1. The van der Waals surface area contributed by atoms with Crippen molar-refractivity contribution < 1.29 is 20.1 Å². The van der Waals surface area contributed by atoms with Crippen molar-refractivity contribution in [3.63, 3.8) is 0 Å². The van der Waals surface area contributed by atoms with E-state index in [2.05, 4.69) is 18.1 Å². The van der Waals surface area contributed by atoms with E-state index in [1.165, 1.54) is 5.56 Å². The number of hydrogen-bond donors (Lipinski definition) is 0. The summed E-state index contributed by atoms with van der Waals surface area (Å²) in [6, 6.07) is 10.9. The Kier molecular flexibility index (Phi) is 3.61. The third-order valence-electron chi connectivity index (χ3n) is 2.08. The van der Waals surface area contributed by atoms with Gasteiger partial charge in [0.1, 0.15) is 0 Å². The van der Waals surface area contributed by atoms with Gasteiger partial charge in [0.25, 0.3) is 0 Å². The molecular weight excluding hydrogens is 352 g/mol. The fraction of sp³-hybridized carbons (Fsp3) is 0.182. The quantitative estimate of drug-likeness (QED) is 0.711. The Morgan fingerprint density at radius 1 is 1.29 bits per heavy atom. The van der Waals surface area contributed by atoms with Crippen LogP contribution in [-0.4, -0.2) is 9.78 Å². The third-order valence-corrected chi connectivity index (χ3v) is 2.08. The van der Waals surface area contributed by atoms with E-state index in [1.807, 2.05) is 42.1 Å². The SMILES string of the molecule is Cc1cn(-c2[c-]cccc2)nc1C.[Ir]. The van der Waals surface area contributed by atoms with Gasteiger partial charge >= 0.3 is 0 Å². The first kappa shape index (κ1) is 11.2. The summed E-state index contributed by atoms with van der Waals surface area (Å²) in [4.78, 5) is 0. The maximum absolute atomic E-state index is 4.37. The molecule has 0 aliphatic rings. The Bertz CT molecular complexity index is 387. The molecule has 0 fully saturated rings. The summed E-state index contributed by atoms with van der Waals surface area (Å²) in [5, 5.41) is 4.37. The van der Waals surface area contributed by atoms with Crippen molar-refractivity contribution in [1.29, 1.82) is 0 Å². The first-order chi connectivity index (χ1) is 6.27. The molecule has 0 amide bonds. The largest absolute Gasteiger partial charge is 0.265 e. The van der Waals surface area contributed by atoms with Crippen molar-refractivity contribution >= 4 is 0 Å². The predicted octanol–water partition coefficient (Wildman–Crippen LogP) is 2.29. The van der Waals surface area contributed by atoms with Gasteiger partial charge in [0, 0.05) is 26.3 Å². The predicted molar refractivity (Wildman–Crippen MR) is 51.9 cm³/mol. The monoisotopic (exact) mass is 364 g/mol. The molecule has 2 aromatic rings. The van der Waals surface area contributed by atoms with Gasteiger partial charge < -0.3 is 0 Å². The Labute approximate surface area is 97.3 Å². The van der Waals surface area contributed by atoms with Crippen molar-refractivity contribution in [2.24, 2.45) is 0 Å². The molecule has 75 valence electrons. The average Bonchev–Trinajstić information content (AvgIpc) is 2.49. The van der Waals surface area contributed by atoms with Crippen LogP contribution in [0.4, 0.5) is 0 Å². The molecule has 0 saturated carbocycles. The Hall–Kier alpha value is -0.921. The molecule has 1 aromatic carbocycles. The van der Waals surface area contributed by atoms with Gasteiger partial charge in [0.15, 0.2) is 0 Å². The minimum absolute atomic E-state index is 0. The number of nitrogens with zero attached hydrogens (tertiary/aromatic N) is 2. The third kappa shape index (κ3) is 2.11. The van der Waals surface area contributed by atoms with E-state index in [1.54, 1.807) is 0 Å². The van der Waals surface area contributed by atoms with E-state index < -0.39 is 0 Å². The van der Waals surface area contributed by atoms with Crippen LogP contribution < -0.4 is 0 Å². The number of para-hydroxylation sites is 1. The molecule has 1 aromatic heterocycles. The number of rotatable bonds is 1. The van der Waals surface area contributed by atoms with Crippen LogP contribution in [0, 0.1) is 19.9 Å². The van der Waals surface area contributed by atoms with Gasteiger partial charge in [0.2, 0.25) is 0 Å². The molecule has 0 unspecified atom stereocenters. The zero-order valence-electron chi connectivity index (χ0n) is 8.11. The van der Waals surface area contributed by atoms with E-state index >= 15 is 0 Å². The van der Waals surface area contributed by atoms with Crippen LogP contribution in [0.2, 0.25) is 0 Å². The van der Waals surface area contributed by atoms with E-state index in [4.69, 9.17) is 0 Å². The van der Waals surface area contributed by atoms with E-state index in [0.717, 1.165) is 11.4 Å². The van der Waals surface area contributed by atoms with Gasteiger partial charge in [-0.05, 0) is 25.1 Å². The second-order valence-corrected chi connectivity index (χ2v) is 3.09. The summed E-state index contributed by atoms with van der Waals surface area (Å²) < 4.78 is 1.85. The van der Waals surface area contributed by atoms with Crippen molar-refractivity contribution in [1.82, 2.24) is 9.78 Å². The molecule has 14 heavy (non-hydrogen) atoms. The van der Waals surface area contributed by atoms with Gasteiger partial charge in [-0.25, -0.2) is 0 Å². The molecule has 0 aliphatic heterocycles. The first-order valence-electron chi connectivity index (χ1n) is 4.27. The molecule has 0 N–H and O–H groups in total. The van der Waals surface area contributed by atoms with Gasteiger partial charge in [-0.3, -0.25) is 4.68 Å². The number of aryl methyl sites for hydroxylation is 2. The van der Waals surface area contributed by atoms with Crippen molar-refractivity contribution in [3.05, 3.63) is 47.8 Å². The van der Waals surface area contributed by atoms with Crippen molar-refractivity contribution in [2.45, 2.75) is 13.8 Å². The molecule has 3 heteroatoms. The molecule has 0 bridgehead atoms. The van der Waals surface area contributed by atoms with Crippen molar-refractivity contribution in [3.8, 4) is 5.69 Å². The van der Waals surface area contributed by atoms with Crippen LogP contribution in [0.1, 0.15) is 11.3 Å². The molecule has 1 heterocycles. The zero-order valence-corrected chi connectivity index (χ0v) is 10.5. The maximum atomic E-state index is 4.37. The summed E-state index contributed by atoms with van der Waals surface area (Å²) in [5.74, 6) is 0. The summed E-state index contributed by atoms with van der Waals surface area (Å²) in [5.41, 5.74) is 3.26. The minimum atomic E-state index is 0. The van der Waals surface area contributed by atoms with Crippen LogP contribution in [0.3, 0.4) is 0 Å². The molecule has 1 radical (unpaired) electrons. The first-order valence-corrected chi connectivity index (χ1v) is 4.27. The molecule has 0 saturated heterocycles. The van der Waals surface area contributed by atoms with Crippen LogP contribution in [0.5, 0.6) is 0 Å². The second-order valence-electron chi connectivity index (χ2n) is 3.09. The van der Waals surface area contributed by atoms with Gasteiger partial charge in [0.05, 0.1) is 5.69 Å². The molecule has 0 atom stereocenters. The molecule has 2 nitrogen and oxygen atoms in total. The number of aromatic nitrogens is 2. The van der Waals surface area contributed by atoms with Crippen molar-refractivity contribution in [2.75, 3.05) is 0 Å². The average molecular weight is 363 g/mol. The maximum Gasteiger partial charge on any atom is 0.0626 e. The Morgan fingerprint density at radius 2 is 2.07 bits per heavy atom. The number of benzene rings is 1. The van der Waals surface area contributed by atoms with Crippen LogP contribution in [0.25, 0.3) is 5.69 Å². The normalized spacial score (nSPS) is 9.57. The van der Waals surface area contributed by atoms with Gasteiger partial charge in [-0.15, -0.1) is 6.07 Å². The smallest absolute Gasteiger partial charge is 0.0626 e. The van der Waals surface area contributed by atoms with Gasteiger partial charge in [-0.2, -0.15) is 29.4 Å². The van der Waals surface area contributed by atoms with Crippen LogP contribution in [-0.2, 0) is 20.1 Å². The summed E-state index contributed by atoms with van der Waals surface area (Å²) in [6.07, 6.45) is 2.02. The van der Waals surface area contributed by atoms with Gasteiger partial charge in [-0.1, -0.05) is 0 Å². The molecule has 0 aliphatic carbocycles. The fourth-order valence-electron chi connectivity index (χ4n) is 1.20. The fourth-order valence-corrected chi connectivity index (χ4v) is 1.20. The van der Waals surface area contributed by atoms with Crippen LogP contribution >= 0.6 is 0 Å². The standard InChI is InChI=1S/C11H11N2.Ir/c1-9-8-13(12-10(9)2)11-6-4-3-5-7-11;/h3-6,8H,1-2H3;/q-1;. The van der Waals surface area contributed by atoms with E-state index in [-0.39, 0.29) is 20.1 Å². The Balaban J connectivity index is 0.000000980. The van der Waals surface area contributed by atoms with Crippen LogP contribution in [0.15, 0.2) is 30.5 Å². The zero-order chi connectivity index (χ0) is 9.26. The summed E-state index contributed by atoms with van der Waals surface area (Å²) in [6.45, 7) is 4.07. The molecule has 2 rings (SSSR count).